The van der Waals surface area contributed by atoms with Crippen molar-refractivity contribution < 1.29 is 14.7 Å². The molecule has 1 aromatic rings. The quantitative estimate of drug-likeness (QED) is 0.637. The van der Waals surface area contributed by atoms with Gasteiger partial charge in [0, 0.05) is 24.9 Å². The fourth-order valence-electron chi connectivity index (χ4n) is 2.21. The lowest BCUT2D eigenvalue weighted by atomic mass is 9.94. The van der Waals surface area contributed by atoms with Gasteiger partial charge in [-0.3, -0.25) is 9.59 Å². The number of H-pyrrole nitrogens is 1. The number of carbonyl (C=O) groups excluding carboxylic acids is 2. The first-order valence-corrected chi connectivity index (χ1v) is 7.02. The van der Waals surface area contributed by atoms with Crippen molar-refractivity contribution in [1.82, 2.24) is 10.3 Å². The summed E-state index contributed by atoms with van der Waals surface area (Å²) in [5.41, 5.74) is 0.895. The van der Waals surface area contributed by atoms with Crippen LogP contribution < -0.4 is 5.32 Å². The average molecular weight is 280 g/mol. The first-order chi connectivity index (χ1) is 9.43. The van der Waals surface area contributed by atoms with Crippen LogP contribution in [-0.2, 0) is 0 Å². The molecule has 0 fully saturated rings. The van der Waals surface area contributed by atoms with Gasteiger partial charge >= 0.3 is 0 Å². The van der Waals surface area contributed by atoms with Gasteiger partial charge in [0.1, 0.15) is 5.69 Å². The van der Waals surface area contributed by atoms with Crippen molar-refractivity contribution in [3.8, 4) is 0 Å². The molecular weight excluding hydrogens is 256 g/mol. The van der Waals surface area contributed by atoms with Crippen LogP contribution in [0, 0.1) is 11.8 Å². The fourth-order valence-corrected chi connectivity index (χ4v) is 2.21. The number of carbonyl (C=O) groups is 2. The third kappa shape index (κ3) is 5.17. The van der Waals surface area contributed by atoms with Crippen LogP contribution in [0.15, 0.2) is 12.3 Å². The van der Waals surface area contributed by atoms with Crippen molar-refractivity contribution in [3.63, 3.8) is 0 Å². The Balaban J connectivity index is 2.53. The minimum Gasteiger partial charge on any atom is -0.396 e. The van der Waals surface area contributed by atoms with Crippen LogP contribution >= 0.6 is 0 Å². The van der Waals surface area contributed by atoms with Crippen LogP contribution in [0.2, 0.25) is 0 Å². The summed E-state index contributed by atoms with van der Waals surface area (Å²) in [4.78, 5) is 25.9. The Morgan fingerprint density at radius 3 is 2.60 bits per heavy atom. The number of aromatic amines is 1. The zero-order valence-corrected chi connectivity index (χ0v) is 12.4. The molecule has 5 nitrogen and oxygen atoms in total. The highest BCUT2D eigenvalue weighted by Crippen LogP contribution is 2.14. The highest BCUT2D eigenvalue weighted by atomic mass is 16.3. The summed E-state index contributed by atoms with van der Waals surface area (Å²) in [6.45, 7) is 6.37. The third-order valence-electron chi connectivity index (χ3n) is 3.23. The molecule has 0 radical (unpaired) electrons. The lowest BCUT2D eigenvalue weighted by Crippen LogP contribution is -2.30. The molecule has 3 N–H and O–H groups in total. The van der Waals surface area contributed by atoms with E-state index >= 15 is 0 Å². The highest BCUT2D eigenvalue weighted by Gasteiger charge is 2.14. The third-order valence-corrected chi connectivity index (χ3v) is 3.23. The number of aliphatic hydroxyl groups is 1. The number of rotatable bonds is 8. The van der Waals surface area contributed by atoms with E-state index in [9.17, 15) is 9.59 Å². The second-order valence-corrected chi connectivity index (χ2v) is 5.58. The Hall–Kier alpha value is -1.62. The van der Waals surface area contributed by atoms with Gasteiger partial charge in [-0.2, -0.15) is 0 Å². The van der Waals surface area contributed by atoms with Gasteiger partial charge in [-0.25, -0.2) is 0 Å². The molecular formula is C15H24N2O3. The predicted octanol–water partition coefficient (Wildman–Crippen LogP) is 1.99. The Morgan fingerprint density at radius 2 is 2.10 bits per heavy atom. The van der Waals surface area contributed by atoms with Crippen LogP contribution in [0.4, 0.5) is 0 Å². The number of amides is 1. The predicted molar refractivity (Wildman–Crippen MR) is 77.8 cm³/mol. The Morgan fingerprint density at radius 1 is 1.40 bits per heavy atom. The maximum Gasteiger partial charge on any atom is 0.267 e. The molecule has 20 heavy (non-hydrogen) atoms. The molecule has 1 rings (SSSR count). The number of Topliss-reactive ketones (excluding diaryl/α,β-unsaturated/α-hetero) is 1. The van der Waals surface area contributed by atoms with E-state index in [0.29, 0.717) is 30.1 Å². The molecule has 0 saturated heterocycles. The van der Waals surface area contributed by atoms with Crippen LogP contribution in [0.1, 0.15) is 54.5 Å². The summed E-state index contributed by atoms with van der Waals surface area (Å²) in [6.07, 6.45) is 3.18. The molecule has 1 amide bonds. The van der Waals surface area contributed by atoms with Crippen LogP contribution in [0.25, 0.3) is 0 Å². The second-order valence-electron chi connectivity index (χ2n) is 5.58. The second kappa shape index (κ2) is 7.85. The van der Waals surface area contributed by atoms with Crippen molar-refractivity contribution in [2.24, 2.45) is 11.8 Å². The van der Waals surface area contributed by atoms with Crippen molar-refractivity contribution in [2.75, 3.05) is 13.2 Å². The van der Waals surface area contributed by atoms with Crippen LogP contribution in [-0.4, -0.2) is 34.9 Å². The van der Waals surface area contributed by atoms with Gasteiger partial charge in [-0.05, 0) is 37.7 Å². The first-order valence-electron chi connectivity index (χ1n) is 7.02. The summed E-state index contributed by atoms with van der Waals surface area (Å²) >= 11 is 0. The van der Waals surface area contributed by atoms with Crippen LogP contribution in [0.3, 0.4) is 0 Å². The maximum absolute atomic E-state index is 12.0. The van der Waals surface area contributed by atoms with E-state index in [0.717, 1.165) is 6.42 Å². The van der Waals surface area contributed by atoms with E-state index in [-0.39, 0.29) is 24.2 Å². The molecule has 0 spiro atoms. The molecule has 0 aliphatic heterocycles. The number of ketones is 1. The number of hydrogen-bond donors (Lipinski definition) is 3. The highest BCUT2D eigenvalue weighted by molar-refractivity contribution is 5.99. The summed E-state index contributed by atoms with van der Waals surface area (Å²) < 4.78 is 0. The summed E-state index contributed by atoms with van der Waals surface area (Å²) in [5.74, 6) is 0.506. The lowest BCUT2D eigenvalue weighted by molar-refractivity contribution is 0.0937. The van der Waals surface area contributed by atoms with Crippen molar-refractivity contribution in [3.05, 3.63) is 23.5 Å². The molecule has 0 aliphatic rings. The van der Waals surface area contributed by atoms with Gasteiger partial charge in [0.2, 0.25) is 0 Å². The zero-order valence-electron chi connectivity index (χ0n) is 12.4. The summed E-state index contributed by atoms with van der Waals surface area (Å²) in [5, 5.41) is 11.9. The SMILES string of the molecule is CC(=O)c1c[nH]c(C(=O)NCC(CCO)CC(C)C)c1. The number of aliphatic hydroxyl groups excluding tert-OH is 1. The largest absolute Gasteiger partial charge is 0.396 e. The number of nitrogens with one attached hydrogen (secondary N) is 2. The normalized spacial score (nSPS) is 12.4. The summed E-state index contributed by atoms with van der Waals surface area (Å²) in [6, 6.07) is 1.56. The van der Waals surface area contributed by atoms with E-state index in [2.05, 4.69) is 24.1 Å². The number of aromatic nitrogens is 1. The van der Waals surface area contributed by atoms with Gasteiger partial charge < -0.3 is 15.4 Å². The van der Waals surface area contributed by atoms with Crippen molar-refractivity contribution in [1.29, 1.82) is 0 Å². The Bertz CT molecular complexity index is 452. The standard InChI is InChI=1S/C15H24N2O3/c1-10(2)6-12(4-5-18)8-17-15(20)14-7-13(9-16-14)11(3)19/h7,9-10,12,16,18H,4-6,8H2,1-3H3,(H,17,20). The summed E-state index contributed by atoms with van der Waals surface area (Å²) in [7, 11) is 0. The zero-order chi connectivity index (χ0) is 15.1. The molecule has 112 valence electrons. The van der Waals surface area contributed by atoms with Gasteiger partial charge in [-0.15, -0.1) is 0 Å². The Kier molecular flexibility index (Phi) is 6.45. The van der Waals surface area contributed by atoms with E-state index < -0.39 is 0 Å². The smallest absolute Gasteiger partial charge is 0.267 e. The van der Waals surface area contributed by atoms with E-state index in [4.69, 9.17) is 5.11 Å². The van der Waals surface area contributed by atoms with Gasteiger partial charge in [-0.1, -0.05) is 13.8 Å². The van der Waals surface area contributed by atoms with Gasteiger partial charge in [0.15, 0.2) is 5.78 Å². The van der Waals surface area contributed by atoms with Gasteiger partial charge in [0.05, 0.1) is 0 Å². The first kappa shape index (κ1) is 16.4. The van der Waals surface area contributed by atoms with Gasteiger partial charge in [0.25, 0.3) is 5.91 Å². The molecule has 1 aromatic heterocycles. The average Bonchev–Trinajstić information content (AvgIpc) is 2.85. The fraction of sp³-hybridized carbons (Fsp3) is 0.600. The maximum atomic E-state index is 12.0. The number of hydrogen-bond acceptors (Lipinski definition) is 3. The Labute approximate surface area is 119 Å². The van der Waals surface area contributed by atoms with Crippen molar-refractivity contribution in [2.45, 2.75) is 33.6 Å². The molecule has 0 aliphatic carbocycles. The molecule has 1 unspecified atom stereocenters. The monoisotopic (exact) mass is 280 g/mol. The molecule has 1 atom stereocenters. The molecule has 5 heteroatoms. The molecule has 0 bridgehead atoms. The molecule has 1 heterocycles. The van der Waals surface area contributed by atoms with Crippen molar-refractivity contribution >= 4 is 11.7 Å². The van der Waals surface area contributed by atoms with Crippen LogP contribution in [0.5, 0.6) is 0 Å². The topological polar surface area (TPSA) is 82.2 Å². The lowest BCUT2D eigenvalue weighted by Gasteiger charge is -2.18. The minimum atomic E-state index is -0.218. The molecule has 0 aromatic carbocycles. The van der Waals surface area contributed by atoms with E-state index in [1.165, 1.54) is 13.1 Å². The van der Waals surface area contributed by atoms with E-state index in [1.807, 2.05) is 0 Å². The molecule has 0 saturated carbocycles. The van der Waals surface area contributed by atoms with E-state index in [1.54, 1.807) is 6.07 Å². The minimum absolute atomic E-state index is 0.0711.